The fourth-order valence-electron chi connectivity index (χ4n) is 1.61. The molecule has 20 heavy (non-hydrogen) atoms. The maximum Gasteiger partial charge on any atom is 0.193 e. The summed E-state index contributed by atoms with van der Waals surface area (Å²) in [5.41, 5.74) is 5.54. The lowest BCUT2D eigenvalue weighted by atomic mass is 10.3. The second-order valence-corrected chi connectivity index (χ2v) is 4.04. The number of aliphatic imine (C=N–C) groups is 1. The molecule has 0 amide bonds. The summed E-state index contributed by atoms with van der Waals surface area (Å²) < 4.78 is 36.9. The summed E-state index contributed by atoms with van der Waals surface area (Å²) in [6.07, 6.45) is -0.161. The molecule has 8 heteroatoms. The highest BCUT2D eigenvalue weighted by Gasteiger charge is 2.13. The first-order valence-electron chi connectivity index (χ1n) is 5.86. The predicted octanol–water partition coefficient (Wildman–Crippen LogP) is 1.72. The van der Waals surface area contributed by atoms with Crippen molar-refractivity contribution in [1.29, 1.82) is 0 Å². The Balaban J connectivity index is 0.00000200. The van der Waals surface area contributed by atoms with Gasteiger partial charge in [0, 0.05) is 6.07 Å². The minimum atomic E-state index is -0.600. The van der Waals surface area contributed by atoms with E-state index in [4.69, 9.17) is 15.2 Å². The highest BCUT2D eigenvalue weighted by molar-refractivity contribution is 14.0. The average Bonchev–Trinajstić information content (AvgIpc) is 2.42. The molecule has 1 aromatic rings. The standard InChI is InChI=1S/C12H15F2N3O2.HI/c13-8-1-2-10(14)11(5-8)17-12(15)16-6-9-7-18-3-4-19-9;/h1-2,5,9H,3-4,6-7H2,(H3,15,16,17);1H. The molecule has 0 spiro atoms. The van der Waals surface area contributed by atoms with Gasteiger partial charge in [0.2, 0.25) is 0 Å². The molecule has 1 unspecified atom stereocenters. The van der Waals surface area contributed by atoms with E-state index < -0.39 is 11.6 Å². The third kappa shape index (κ3) is 5.17. The number of anilines is 1. The normalized spacial score (nSPS) is 19.3. The Hall–Kier alpha value is -1.00. The number of nitrogens with zero attached hydrogens (tertiary/aromatic N) is 1. The topological polar surface area (TPSA) is 68.9 Å². The number of guanidine groups is 1. The Labute approximate surface area is 132 Å². The smallest absolute Gasteiger partial charge is 0.193 e. The number of halogens is 3. The third-order valence-electron chi connectivity index (χ3n) is 2.54. The second kappa shape index (κ2) is 8.32. The van der Waals surface area contributed by atoms with Crippen LogP contribution in [0.2, 0.25) is 0 Å². The van der Waals surface area contributed by atoms with E-state index in [0.29, 0.717) is 26.4 Å². The number of nitrogens with two attached hydrogens (primary N) is 1. The van der Waals surface area contributed by atoms with Crippen molar-refractivity contribution in [3.8, 4) is 0 Å². The van der Waals surface area contributed by atoms with Crippen LogP contribution in [-0.4, -0.2) is 38.4 Å². The van der Waals surface area contributed by atoms with Crippen LogP contribution in [0.4, 0.5) is 14.5 Å². The zero-order valence-electron chi connectivity index (χ0n) is 10.6. The van der Waals surface area contributed by atoms with Gasteiger partial charge in [-0.2, -0.15) is 0 Å². The molecule has 0 aromatic heterocycles. The summed E-state index contributed by atoms with van der Waals surface area (Å²) in [5, 5.41) is 2.51. The Morgan fingerprint density at radius 2 is 2.20 bits per heavy atom. The summed E-state index contributed by atoms with van der Waals surface area (Å²) in [4.78, 5) is 4.00. The number of hydrogen-bond donors (Lipinski definition) is 2. The Bertz CT molecular complexity index is 468. The van der Waals surface area contributed by atoms with Gasteiger partial charge in [-0.05, 0) is 12.1 Å². The number of nitrogens with one attached hydrogen (secondary N) is 1. The summed E-state index contributed by atoms with van der Waals surface area (Å²) in [7, 11) is 0. The molecule has 3 N–H and O–H groups in total. The summed E-state index contributed by atoms with van der Waals surface area (Å²) >= 11 is 0. The first-order chi connectivity index (χ1) is 9.15. The van der Waals surface area contributed by atoms with Crippen LogP contribution < -0.4 is 11.1 Å². The predicted molar refractivity (Wildman–Crippen MR) is 82.4 cm³/mol. The first kappa shape index (κ1) is 17.1. The van der Waals surface area contributed by atoms with Gasteiger partial charge in [0.25, 0.3) is 0 Å². The number of ether oxygens (including phenoxy) is 2. The van der Waals surface area contributed by atoms with E-state index in [9.17, 15) is 8.78 Å². The van der Waals surface area contributed by atoms with E-state index in [-0.39, 0.29) is 41.7 Å². The quantitative estimate of drug-likeness (QED) is 0.462. The second-order valence-electron chi connectivity index (χ2n) is 4.04. The molecular formula is C12H16F2IN3O2. The fourth-order valence-corrected chi connectivity index (χ4v) is 1.61. The monoisotopic (exact) mass is 399 g/mol. The highest BCUT2D eigenvalue weighted by atomic mass is 127. The lowest BCUT2D eigenvalue weighted by Gasteiger charge is -2.21. The highest BCUT2D eigenvalue weighted by Crippen LogP contribution is 2.14. The third-order valence-corrected chi connectivity index (χ3v) is 2.54. The van der Waals surface area contributed by atoms with Gasteiger partial charge in [0.1, 0.15) is 17.7 Å². The van der Waals surface area contributed by atoms with Crippen LogP contribution in [0.5, 0.6) is 0 Å². The molecule has 1 aliphatic rings. The Morgan fingerprint density at radius 1 is 1.40 bits per heavy atom. The Kier molecular flexibility index (Phi) is 7.10. The zero-order valence-corrected chi connectivity index (χ0v) is 13.0. The SMILES string of the molecule is I.NC(=NCC1COCCO1)Nc1cc(F)ccc1F. The summed E-state index contributed by atoms with van der Waals surface area (Å²) in [6.45, 7) is 1.84. The van der Waals surface area contributed by atoms with Gasteiger partial charge in [0.05, 0.1) is 32.1 Å². The fraction of sp³-hybridized carbons (Fsp3) is 0.417. The van der Waals surface area contributed by atoms with Crippen LogP contribution in [0.1, 0.15) is 0 Å². The molecule has 0 saturated carbocycles. The van der Waals surface area contributed by atoms with Gasteiger partial charge < -0.3 is 20.5 Å². The Morgan fingerprint density at radius 3 is 2.90 bits per heavy atom. The molecule has 1 saturated heterocycles. The van der Waals surface area contributed by atoms with E-state index in [1.165, 1.54) is 0 Å². The summed E-state index contributed by atoms with van der Waals surface area (Å²) in [6, 6.07) is 3.06. The van der Waals surface area contributed by atoms with Crippen molar-refractivity contribution in [3.63, 3.8) is 0 Å². The van der Waals surface area contributed by atoms with Gasteiger partial charge in [-0.15, -0.1) is 24.0 Å². The van der Waals surface area contributed by atoms with Crippen molar-refractivity contribution < 1.29 is 18.3 Å². The van der Waals surface area contributed by atoms with Crippen molar-refractivity contribution in [1.82, 2.24) is 0 Å². The van der Waals surface area contributed by atoms with Crippen LogP contribution in [-0.2, 0) is 9.47 Å². The van der Waals surface area contributed by atoms with Gasteiger partial charge >= 0.3 is 0 Å². The van der Waals surface area contributed by atoms with Crippen molar-refractivity contribution in [2.75, 3.05) is 31.7 Å². The maximum atomic E-state index is 13.3. The molecule has 5 nitrogen and oxygen atoms in total. The lowest BCUT2D eigenvalue weighted by molar-refractivity contribution is -0.0832. The van der Waals surface area contributed by atoms with Gasteiger partial charge in [-0.1, -0.05) is 0 Å². The van der Waals surface area contributed by atoms with Crippen LogP contribution in [0.3, 0.4) is 0 Å². The van der Waals surface area contributed by atoms with Gasteiger partial charge in [-0.25, -0.2) is 8.78 Å². The largest absolute Gasteiger partial charge is 0.376 e. The molecule has 0 aliphatic carbocycles. The molecular weight excluding hydrogens is 383 g/mol. The van der Waals surface area contributed by atoms with Crippen molar-refractivity contribution in [3.05, 3.63) is 29.8 Å². The molecule has 1 fully saturated rings. The minimum absolute atomic E-state index is 0. The lowest BCUT2D eigenvalue weighted by Crippen LogP contribution is -2.32. The molecule has 0 radical (unpaired) electrons. The number of rotatable bonds is 3. The molecule has 0 bridgehead atoms. The van der Waals surface area contributed by atoms with Crippen LogP contribution in [0.15, 0.2) is 23.2 Å². The van der Waals surface area contributed by atoms with Gasteiger partial charge in [-0.3, -0.25) is 4.99 Å². The maximum absolute atomic E-state index is 13.3. The molecule has 2 rings (SSSR count). The van der Waals surface area contributed by atoms with Crippen molar-refractivity contribution >= 4 is 35.6 Å². The van der Waals surface area contributed by atoms with Crippen LogP contribution >= 0.6 is 24.0 Å². The number of benzene rings is 1. The van der Waals surface area contributed by atoms with E-state index in [1.54, 1.807) is 0 Å². The number of hydrogen-bond acceptors (Lipinski definition) is 3. The average molecular weight is 399 g/mol. The summed E-state index contributed by atoms with van der Waals surface area (Å²) in [5.74, 6) is -1.16. The zero-order chi connectivity index (χ0) is 13.7. The minimum Gasteiger partial charge on any atom is -0.376 e. The molecule has 112 valence electrons. The molecule has 1 heterocycles. The van der Waals surface area contributed by atoms with Crippen LogP contribution in [0.25, 0.3) is 0 Å². The van der Waals surface area contributed by atoms with E-state index in [0.717, 1.165) is 18.2 Å². The van der Waals surface area contributed by atoms with E-state index in [1.807, 2.05) is 0 Å². The van der Waals surface area contributed by atoms with E-state index in [2.05, 4.69) is 10.3 Å². The molecule has 1 aromatic carbocycles. The molecule has 1 atom stereocenters. The van der Waals surface area contributed by atoms with Crippen molar-refractivity contribution in [2.45, 2.75) is 6.10 Å². The van der Waals surface area contributed by atoms with E-state index >= 15 is 0 Å². The van der Waals surface area contributed by atoms with Gasteiger partial charge in [0.15, 0.2) is 5.96 Å². The van der Waals surface area contributed by atoms with Crippen LogP contribution in [0, 0.1) is 11.6 Å². The first-order valence-corrected chi connectivity index (χ1v) is 5.86. The van der Waals surface area contributed by atoms with Crippen molar-refractivity contribution in [2.24, 2.45) is 10.7 Å². The molecule has 1 aliphatic heterocycles.